The molecule has 25 heavy (non-hydrogen) atoms. The number of aromatic nitrogens is 1. The van der Waals surface area contributed by atoms with E-state index in [1.165, 1.54) is 31.5 Å². The van der Waals surface area contributed by atoms with Gasteiger partial charge in [0.15, 0.2) is 0 Å². The van der Waals surface area contributed by atoms with E-state index in [1.807, 2.05) is 42.5 Å². The van der Waals surface area contributed by atoms with E-state index in [4.69, 9.17) is 0 Å². The topological polar surface area (TPSA) is 45.2 Å². The SMILES string of the molecule is O=C(Nc1ccc(CN2CCCC2)cc1)c1cccc2cccnc12. The number of fused-ring (bicyclic) bond motifs is 1. The molecule has 0 unspecified atom stereocenters. The maximum absolute atomic E-state index is 12.6. The number of para-hydroxylation sites is 1. The van der Waals surface area contributed by atoms with Gasteiger partial charge in [-0.25, -0.2) is 0 Å². The monoisotopic (exact) mass is 331 g/mol. The number of pyridine rings is 1. The lowest BCUT2D eigenvalue weighted by atomic mass is 10.1. The van der Waals surface area contributed by atoms with Gasteiger partial charge < -0.3 is 5.32 Å². The molecule has 3 aromatic rings. The maximum atomic E-state index is 12.6. The lowest BCUT2D eigenvalue weighted by Crippen LogP contribution is -2.18. The number of hydrogen-bond donors (Lipinski definition) is 1. The van der Waals surface area contributed by atoms with Gasteiger partial charge in [0.05, 0.1) is 11.1 Å². The molecule has 1 fully saturated rings. The van der Waals surface area contributed by atoms with Crippen molar-refractivity contribution in [3.8, 4) is 0 Å². The molecular weight excluding hydrogens is 310 g/mol. The first-order valence-corrected chi connectivity index (χ1v) is 8.76. The van der Waals surface area contributed by atoms with Crippen LogP contribution in [-0.4, -0.2) is 28.9 Å². The average molecular weight is 331 g/mol. The third-order valence-electron chi connectivity index (χ3n) is 4.69. The van der Waals surface area contributed by atoms with Gasteiger partial charge >= 0.3 is 0 Å². The smallest absolute Gasteiger partial charge is 0.257 e. The van der Waals surface area contributed by atoms with Crippen molar-refractivity contribution in [3.63, 3.8) is 0 Å². The third kappa shape index (κ3) is 3.54. The van der Waals surface area contributed by atoms with E-state index in [-0.39, 0.29) is 5.91 Å². The number of rotatable bonds is 4. The van der Waals surface area contributed by atoms with Crippen molar-refractivity contribution in [2.24, 2.45) is 0 Å². The van der Waals surface area contributed by atoms with Crippen molar-refractivity contribution in [3.05, 3.63) is 71.9 Å². The van der Waals surface area contributed by atoms with Crippen molar-refractivity contribution in [2.75, 3.05) is 18.4 Å². The Bertz CT molecular complexity index is 878. The number of benzene rings is 2. The second-order valence-electron chi connectivity index (χ2n) is 6.51. The van der Waals surface area contributed by atoms with E-state index < -0.39 is 0 Å². The summed E-state index contributed by atoms with van der Waals surface area (Å²) < 4.78 is 0. The minimum Gasteiger partial charge on any atom is -0.322 e. The molecule has 1 aromatic heterocycles. The van der Waals surface area contributed by atoms with E-state index in [2.05, 4.69) is 27.3 Å². The van der Waals surface area contributed by atoms with Gasteiger partial charge in [0.25, 0.3) is 5.91 Å². The third-order valence-corrected chi connectivity index (χ3v) is 4.69. The van der Waals surface area contributed by atoms with Gasteiger partial charge in [0.1, 0.15) is 0 Å². The number of hydrogen-bond acceptors (Lipinski definition) is 3. The molecule has 0 radical (unpaired) electrons. The standard InChI is InChI=1S/C21H21N3O/c25-21(19-7-3-5-17-6-4-12-22-20(17)19)23-18-10-8-16(9-11-18)15-24-13-1-2-14-24/h3-12H,1-2,13-15H2,(H,23,25). The molecule has 0 spiro atoms. The molecule has 4 rings (SSSR count). The Morgan fingerprint density at radius 1 is 1.00 bits per heavy atom. The van der Waals surface area contributed by atoms with Crippen LogP contribution in [0.3, 0.4) is 0 Å². The maximum Gasteiger partial charge on any atom is 0.257 e. The predicted octanol–water partition coefficient (Wildman–Crippen LogP) is 4.08. The van der Waals surface area contributed by atoms with Gasteiger partial charge in [0, 0.05) is 23.8 Å². The van der Waals surface area contributed by atoms with Gasteiger partial charge in [-0.05, 0) is 55.8 Å². The van der Waals surface area contributed by atoms with Crippen molar-refractivity contribution in [2.45, 2.75) is 19.4 Å². The van der Waals surface area contributed by atoms with Crippen molar-refractivity contribution < 1.29 is 4.79 Å². The largest absolute Gasteiger partial charge is 0.322 e. The molecule has 4 heteroatoms. The molecule has 2 aromatic carbocycles. The molecule has 0 bridgehead atoms. The van der Waals surface area contributed by atoms with E-state index in [0.717, 1.165) is 23.1 Å². The van der Waals surface area contributed by atoms with Crippen LogP contribution in [-0.2, 0) is 6.54 Å². The second kappa shape index (κ2) is 7.03. The molecule has 126 valence electrons. The Hall–Kier alpha value is -2.72. The fourth-order valence-corrected chi connectivity index (χ4v) is 3.38. The van der Waals surface area contributed by atoms with Crippen molar-refractivity contribution in [1.82, 2.24) is 9.88 Å². The summed E-state index contributed by atoms with van der Waals surface area (Å²) in [6, 6.07) is 17.6. The number of nitrogens with one attached hydrogen (secondary N) is 1. The first kappa shape index (κ1) is 15.8. The lowest BCUT2D eigenvalue weighted by Gasteiger charge is -2.15. The number of anilines is 1. The molecule has 0 saturated carbocycles. The molecule has 0 aliphatic carbocycles. The van der Waals surface area contributed by atoms with Gasteiger partial charge in [-0.1, -0.05) is 30.3 Å². The Balaban J connectivity index is 1.48. The lowest BCUT2D eigenvalue weighted by molar-refractivity contribution is 0.102. The summed E-state index contributed by atoms with van der Waals surface area (Å²) in [5, 5.41) is 3.95. The van der Waals surface area contributed by atoms with Gasteiger partial charge in [-0.3, -0.25) is 14.7 Å². The van der Waals surface area contributed by atoms with Crippen LogP contribution in [0.2, 0.25) is 0 Å². The predicted molar refractivity (Wildman–Crippen MR) is 101 cm³/mol. The minimum absolute atomic E-state index is 0.128. The zero-order valence-electron chi connectivity index (χ0n) is 14.1. The summed E-state index contributed by atoms with van der Waals surface area (Å²) in [6.07, 6.45) is 4.31. The molecule has 1 saturated heterocycles. The van der Waals surface area contributed by atoms with Crippen LogP contribution < -0.4 is 5.32 Å². The second-order valence-corrected chi connectivity index (χ2v) is 6.51. The summed E-state index contributed by atoms with van der Waals surface area (Å²) >= 11 is 0. The van der Waals surface area contributed by atoms with Crippen molar-refractivity contribution in [1.29, 1.82) is 0 Å². The Morgan fingerprint density at radius 2 is 1.76 bits per heavy atom. The van der Waals surface area contributed by atoms with Crippen LogP contribution in [0.5, 0.6) is 0 Å². The molecule has 4 nitrogen and oxygen atoms in total. The first-order valence-electron chi connectivity index (χ1n) is 8.76. The number of likely N-dealkylation sites (tertiary alicyclic amines) is 1. The van der Waals surface area contributed by atoms with Crippen LogP contribution >= 0.6 is 0 Å². The van der Waals surface area contributed by atoms with E-state index in [9.17, 15) is 4.79 Å². The highest BCUT2D eigenvalue weighted by atomic mass is 16.1. The zero-order valence-corrected chi connectivity index (χ0v) is 14.1. The number of amides is 1. The minimum atomic E-state index is -0.128. The highest BCUT2D eigenvalue weighted by Gasteiger charge is 2.13. The number of carbonyl (C=O) groups excluding carboxylic acids is 1. The molecule has 2 heterocycles. The van der Waals surface area contributed by atoms with Crippen LogP contribution in [0, 0.1) is 0 Å². The number of nitrogens with zero attached hydrogens (tertiary/aromatic N) is 2. The molecule has 1 amide bonds. The fraction of sp³-hybridized carbons (Fsp3) is 0.238. The van der Waals surface area contributed by atoms with Crippen LogP contribution in [0.4, 0.5) is 5.69 Å². The Morgan fingerprint density at radius 3 is 2.56 bits per heavy atom. The molecule has 0 atom stereocenters. The van der Waals surface area contributed by atoms with Crippen molar-refractivity contribution >= 4 is 22.5 Å². The molecule has 1 aliphatic rings. The first-order chi connectivity index (χ1) is 12.3. The highest BCUT2D eigenvalue weighted by Crippen LogP contribution is 2.19. The summed E-state index contributed by atoms with van der Waals surface area (Å²) in [7, 11) is 0. The van der Waals surface area contributed by atoms with E-state index in [1.54, 1.807) is 6.20 Å². The molecular formula is C21H21N3O. The summed E-state index contributed by atoms with van der Waals surface area (Å²) in [4.78, 5) is 19.4. The Kier molecular flexibility index (Phi) is 4.44. The fourth-order valence-electron chi connectivity index (χ4n) is 3.38. The summed E-state index contributed by atoms with van der Waals surface area (Å²) in [5.41, 5.74) is 3.42. The van der Waals surface area contributed by atoms with Crippen LogP contribution in [0.15, 0.2) is 60.8 Å². The summed E-state index contributed by atoms with van der Waals surface area (Å²) in [6.45, 7) is 3.36. The van der Waals surface area contributed by atoms with Gasteiger partial charge in [-0.2, -0.15) is 0 Å². The summed E-state index contributed by atoms with van der Waals surface area (Å²) in [5.74, 6) is -0.128. The van der Waals surface area contributed by atoms with Gasteiger partial charge in [0.2, 0.25) is 0 Å². The van der Waals surface area contributed by atoms with Gasteiger partial charge in [-0.15, -0.1) is 0 Å². The zero-order chi connectivity index (χ0) is 17.1. The Labute approximate surface area is 147 Å². The quantitative estimate of drug-likeness (QED) is 0.783. The van der Waals surface area contributed by atoms with E-state index in [0.29, 0.717) is 5.56 Å². The average Bonchev–Trinajstić information content (AvgIpc) is 3.16. The molecule has 1 N–H and O–H groups in total. The van der Waals surface area contributed by atoms with E-state index >= 15 is 0 Å². The normalized spacial score (nSPS) is 14.7. The highest BCUT2D eigenvalue weighted by molar-refractivity contribution is 6.11. The number of carbonyl (C=O) groups is 1. The van der Waals surface area contributed by atoms with Crippen LogP contribution in [0.25, 0.3) is 10.9 Å². The van der Waals surface area contributed by atoms with Crippen LogP contribution in [0.1, 0.15) is 28.8 Å². The molecule has 1 aliphatic heterocycles.